The van der Waals surface area contributed by atoms with Crippen LogP contribution in [-0.2, 0) is 52.9 Å². The first-order valence-corrected chi connectivity index (χ1v) is 21.7. The maximum absolute atomic E-state index is 14.2. The molecule has 0 spiro atoms. The molecule has 17 nitrogen and oxygen atoms in total. The Morgan fingerprint density at radius 3 is 1.89 bits per heavy atom. The zero-order chi connectivity index (χ0) is 44.2. The van der Waals surface area contributed by atoms with E-state index in [0.717, 1.165) is 0 Å². The van der Waals surface area contributed by atoms with E-state index in [2.05, 4.69) is 0 Å². The van der Waals surface area contributed by atoms with Gasteiger partial charge >= 0.3 is 5.97 Å². The van der Waals surface area contributed by atoms with E-state index in [1.807, 2.05) is 32.8 Å². The van der Waals surface area contributed by atoms with Crippen LogP contribution in [0.15, 0.2) is 0 Å². The lowest BCUT2D eigenvalue weighted by Gasteiger charge is -2.50. The van der Waals surface area contributed by atoms with Gasteiger partial charge in [0.25, 0.3) is 10.1 Å². The fraction of sp³-hybridized carbons (Fsp3) is 0.949. The van der Waals surface area contributed by atoms with Crippen molar-refractivity contribution in [2.75, 3.05) is 34.6 Å². The summed E-state index contributed by atoms with van der Waals surface area (Å²) in [7, 11) is 3.10. The molecule has 0 aromatic carbocycles. The molecule has 3 fully saturated rings. The number of nitrogens with zero attached hydrogens (tertiary/aromatic N) is 1. The van der Waals surface area contributed by atoms with Crippen molar-refractivity contribution in [1.82, 2.24) is 4.90 Å². The summed E-state index contributed by atoms with van der Waals surface area (Å²) < 4.78 is 69.7. The number of hydrogen-bond acceptors (Lipinski definition) is 16. The Labute approximate surface area is 339 Å². The van der Waals surface area contributed by atoms with E-state index in [-0.39, 0.29) is 37.2 Å². The Hall–Kier alpha value is -1.39. The molecule has 3 aliphatic rings. The van der Waals surface area contributed by atoms with Crippen LogP contribution in [0, 0.1) is 23.7 Å². The van der Waals surface area contributed by atoms with Crippen LogP contribution in [0.25, 0.3) is 0 Å². The number of aliphatic hydroxyl groups excluding tert-OH is 3. The Kier molecular flexibility index (Phi) is 18.6. The van der Waals surface area contributed by atoms with Gasteiger partial charge < -0.3 is 58.5 Å². The number of rotatable bonds is 8. The van der Waals surface area contributed by atoms with Gasteiger partial charge in [-0.1, -0.05) is 27.7 Å². The fourth-order valence-electron chi connectivity index (χ4n) is 8.58. The zero-order valence-corrected chi connectivity index (χ0v) is 37.4. The number of ether oxygens (including phenoxy) is 7. The lowest BCUT2D eigenvalue weighted by atomic mass is 9.74. The summed E-state index contributed by atoms with van der Waals surface area (Å²) in [6.07, 6.45) is -8.01. The van der Waals surface area contributed by atoms with Crippen molar-refractivity contribution in [2.45, 2.75) is 179 Å². The monoisotopic (exact) mass is 843 g/mol. The molecule has 336 valence electrons. The second-order valence-corrected chi connectivity index (χ2v) is 18.8. The van der Waals surface area contributed by atoms with Crippen molar-refractivity contribution in [1.29, 1.82) is 0 Å². The fourth-order valence-corrected chi connectivity index (χ4v) is 8.58. The first-order chi connectivity index (χ1) is 26.0. The quantitative estimate of drug-likeness (QED) is 0.173. The third-order valence-electron chi connectivity index (χ3n) is 12.3. The van der Waals surface area contributed by atoms with E-state index >= 15 is 0 Å². The van der Waals surface area contributed by atoms with E-state index in [0.29, 0.717) is 12.7 Å². The SMILES string of the molecule is CC[C@H]1OC(=O)[C@H](C)[C@@H](O[C@H]2C[C@@](C)(OC)[C@@H](O)[C@H](C)O2)C(C)[C@@H](O[C@@H]2O[C@H](C)C[C@H](N(C)C)[C@H]2O)[C@](C)(OC)C[C@@H](C)C(=O)[C@H](C)[C@@H](O)[C@]1(C)O.CS(=O)(=O)O. The van der Waals surface area contributed by atoms with Crippen LogP contribution in [0.4, 0.5) is 0 Å². The molecule has 3 aliphatic heterocycles. The Morgan fingerprint density at radius 1 is 0.860 bits per heavy atom. The molecule has 57 heavy (non-hydrogen) atoms. The summed E-state index contributed by atoms with van der Waals surface area (Å²) in [5, 5.41) is 45.6. The van der Waals surface area contributed by atoms with Crippen LogP contribution in [0.3, 0.4) is 0 Å². The minimum atomic E-state index is -3.67. The predicted octanol–water partition coefficient (Wildman–Crippen LogP) is 1.94. The van der Waals surface area contributed by atoms with Crippen molar-refractivity contribution >= 4 is 21.9 Å². The smallest absolute Gasteiger partial charge is 0.311 e. The highest BCUT2D eigenvalue weighted by Crippen LogP contribution is 2.41. The number of carbonyl (C=O) groups is 2. The second kappa shape index (κ2) is 20.4. The summed E-state index contributed by atoms with van der Waals surface area (Å²) in [4.78, 5) is 30.1. The molecule has 0 aromatic rings. The van der Waals surface area contributed by atoms with Crippen molar-refractivity contribution in [3.05, 3.63) is 0 Å². The summed E-state index contributed by atoms with van der Waals surface area (Å²) in [6.45, 7) is 17.1. The van der Waals surface area contributed by atoms with E-state index < -0.39 is 112 Å². The molecule has 3 rings (SSSR count). The first-order valence-electron chi connectivity index (χ1n) is 19.8. The van der Waals surface area contributed by atoms with Crippen molar-refractivity contribution in [2.24, 2.45) is 23.7 Å². The van der Waals surface area contributed by atoms with E-state index in [4.69, 9.17) is 37.7 Å². The maximum Gasteiger partial charge on any atom is 0.311 e. The summed E-state index contributed by atoms with van der Waals surface area (Å²) in [5.74, 6) is -4.47. The number of methoxy groups -OCH3 is 2. The third kappa shape index (κ3) is 12.8. The largest absolute Gasteiger partial charge is 0.459 e. The van der Waals surface area contributed by atoms with Gasteiger partial charge in [-0.3, -0.25) is 14.1 Å². The average molecular weight is 844 g/mol. The van der Waals surface area contributed by atoms with Crippen LogP contribution < -0.4 is 0 Å². The number of Topliss-reactive ketones (excluding diaryl/α,β-unsaturated/α-hetero) is 1. The first kappa shape index (κ1) is 51.8. The van der Waals surface area contributed by atoms with Gasteiger partial charge in [0.2, 0.25) is 0 Å². The number of likely N-dealkylation sites (N-methyl/N-ethyl adjacent to an activating group) is 1. The molecule has 3 saturated heterocycles. The van der Waals surface area contributed by atoms with E-state index in [9.17, 15) is 38.4 Å². The van der Waals surface area contributed by atoms with E-state index in [1.165, 1.54) is 21.1 Å². The Bertz CT molecular complexity index is 1410. The van der Waals surface area contributed by atoms with E-state index in [1.54, 1.807) is 48.5 Å². The van der Waals surface area contributed by atoms with Crippen molar-refractivity contribution < 1.29 is 76.1 Å². The van der Waals surface area contributed by atoms with Crippen LogP contribution in [0.5, 0.6) is 0 Å². The molecular formula is C39H73NO16S. The van der Waals surface area contributed by atoms with Crippen LogP contribution in [-0.4, -0.2) is 169 Å². The van der Waals surface area contributed by atoms with Gasteiger partial charge in [-0.15, -0.1) is 0 Å². The van der Waals surface area contributed by atoms with Crippen LogP contribution in [0.2, 0.25) is 0 Å². The molecule has 18 atom stereocenters. The minimum Gasteiger partial charge on any atom is -0.459 e. The lowest BCUT2D eigenvalue weighted by molar-refractivity contribution is -0.319. The molecule has 1 unspecified atom stereocenters. The molecule has 0 aromatic heterocycles. The van der Waals surface area contributed by atoms with Gasteiger partial charge in [-0.2, -0.15) is 8.42 Å². The highest BCUT2D eigenvalue weighted by Gasteiger charge is 2.54. The number of carbonyl (C=O) groups excluding carboxylic acids is 2. The highest BCUT2D eigenvalue weighted by molar-refractivity contribution is 7.85. The van der Waals surface area contributed by atoms with Gasteiger partial charge in [0.15, 0.2) is 12.6 Å². The van der Waals surface area contributed by atoms with Crippen LogP contribution in [0.1, 0.15) is 94.9 Å². The maximum atomic E-state index is 14.2. The number of esters is 1. The molecule has 18 heteroatoms. The van der Waals surface area contributed by atoms with Crippen molar-refractivity contribution in [3.8, 4) is 0 Å². The molecule has 0 amide bonds. The normalized spacial score (nSPS) is 45.7. The van der Waals surface area contributed by atoms with Gasteiger partial charge in [0, 0.05) is 44.4 Å². The Balaban J connectivity index is 0.00000210. The van der Waals surface area contributed by atoms with Crippen LogP contribution >= 0.6 is 0 Å². The predicted molar refractivity (Wildman–Crippen MR) is 209 cm³/mol. The third-order valence-corrected chi connectivity index (χ3v) is 12.3. The Morgan fingerprint density at radius 2 is 1.40 bits per heavy atom. The van der Waals surface area contributed by atoms with Gasteiger partial charge in [0.05, 0.1) is 53.9 Å². The second-order valence-electron chi connectivity index (χ2n) is 17.4. The zero-order valence-electron chi connectivity index (χ0n) is 36.6. The highest BCUT2D eigenvalue weighted by atomic mass is 32.2. The molecular weight excluding hydrogens is 770 g/mol. The molecule has 0 aliphatic carbocycles. The number of aliphatic hydroxyl groups is 4. The average Bonchev–Trinajstić information content (AvgIpc) is 3.11. The summed E-state index contributed by atoms with van der Waals surface area (Å²) in [6, 6.07) is -0.283. The minimum absolute atomic E-state index is 0.111. The molecule has 0 bridgehead atoms. The number of ketones is 1. The number of hydrogen-bond donors (Lipinski definition) is 5. The number of cyclic esters (lactones) is 1. The van der Waals surface area contributed by atoms with Crippen molar-refractivity contribution in [3.63, 3.8) is 0 Å². The van der Waals surface area contributed by atoms with Gasteiger partial charge in [0.1, 0.15) is 29.7 Å². The molecule has 3 heterocycles. The molecule has 5 N–H and O–H groups in total. The lowest BCUT2D eigenvalue weighted by Crippen LogP contribution is -2.61. The van der Waals surface area contributed by atoms with Gasteiger partial charge in [-0.05, 0) is 74.9 Å². The van der Waals surface area contributed by atoms with Gasteiger partial charge in [-0.25, -0.2) is 0 Å². The molecule has 0 radical (unpaired) electrons. The summed E-state index contributed by atoms with van der Waals surface area (Å²) >= 11 is 0. The molecule has 0 saturated carbocycles. The topological polar surface area (TPSA) is 237 Å². The standard InChI is InChI=1S/C38H69NO13.CH4O3S/c1-15-26-38(10,45)31(42)21(4)28(40)19(2)17-37(9,47-14)33(52-35-29(41)25(39(11)12)16-20(3)48-35)22(5)30(23(6)34(44)50-26)51-27-18-36(8,46-13)32(43)24(7)49-27;1-5(2,3)4/h19-27,29-33,35,41-43,45H,15-18H2,1-14H3;1H3,(H,2,3,4)/t19-,20-,21+,22?,23-,24+,25+,26-,27+,29-,30+,31-,32+,33-,35+,36-,37-,38-;/m1./s1. The summed E-state index contributed by atoms with van der Waals surface area (Å²) in [5.41, 5.74) is -4.24.